The quantitative estimate of drug-likeness (QED) is 0.763. The van der Waals surface area contributed by atoms with E-state index >= 15 is 0 Å². The first-order chi connectivity index (χ1) is 10.7. The van der Waals surface area contributed by atoms with Crippen molar-refractivity contribution in [2.45, 2.75) is 23.5 Å². The van der Waals surface area contributed by atoms with Crippen LogP contribution in [0.15, 0.2) is 53.4 Å². The van der Waals surface area contributed by atoms with Crippen LogP contribution in [0.5, 0.6) is 0 Å². The van der Waals surface area contributed by atoms with E-state index in [0.717, 1.165) is 21.7 Å². The van der Waals surface area contributed by atoms with Crippen molar-refractivity contribution in [3.8, 4) is 0 Å². The third-order valence-corrected chi connectivity index (χ3v) is 4.58. The molecule has 1 aliphatic rings. The first-order valence-corrected chi connectivity index (χ1v) is 8.37. The van der Waals surface area contributed by atoms with Crippen molar-refractivity contribution in [1.29, 1.82) is 0 Å². The Hall–Kier alpha value is -1.98. The standard InChI is InChI=1S/C17H18N2O2S/c1-22-13-8-6-12(7-9-13)18-17(21)19-16-14-5-3-2-4-11(14)10-15(16)20/h2-9,15-16,20H,10H2,1H3,(H2,18,19,21)/t15-,16+/m1/s1. The molecule has 4 nitrogen and oxygen atoms in total. The summed E-state index contributed by atoms with van der Waals surface area (Å²) in [4.78, 5) is 13.3. The first kappa shape index (κ1) is 14.9. The fourth-order valence-corrected chi connectivity index (χ4v) is 3.14. The van der Waals surface area contributed by atoms with E-state index in [-0.39, 0.29) is 12.1 Å². The average molecular weight is 314 g/mol. The zero-order valence-electron chi connectivity index (χ0n) is 12.2. The molecule has 0 saturated carbocycles. The van der Waals surface area contributed by atoms with Gasteiger partial charge in [0.2, 0.25) is 0 Å². The lowest BCUT2D eigenvalue weighted by atomic mass is 10.1. The number of amides is 2. The summed E-state index contributed by atoms with van der Waals surface area (Å²) < 4.78 is 0. The maximum absolute atomic E-state index is 12.1. The molecule has 0 aliphatic heterocycles. The molecule has 0 bridgehead atoms. The van der Waals surface area contributed by atoms with Crippen LogP contribution < -0.4 is 10.6 Å². The Kier molecular flexibility index (Phi) is 4.36. The lowest BCUT2D eigenvalue weighted by Gasteiger charge is -2.18. The van der Waals surface area contributed by atoms with Crippen LogP contribution in [0.2, 0.25) is 0 Å². The Morgan fingerprint density at radius 1 is 1.18 bits per heavy atom. The van der Waals surface area contributed by atoms with Gasteiger partial charge in [0.05, 0.1) is 12.1 Å². The molecule has 3 rings (SSSR count). The number of hydrogen-bond donors (Lipinski definition) is 3. The summed E-state index contributed by atoms with van der Waals surface area (Å²) >= 11 is 1.65. The summed E-state index contributed by atoms with van der Waals surface area (Å²) in [6, 6.07) is 14.8. The molecular weight excluding hydrogens is 296 g/mol. The smallest absolute Gasteiger partial charge is 0.319 e. The van der Waals surface area contributed by atoms with Crippen LogP contribution in [-0.2, 0) is 6.42 Å². The first-order valence-electron chi connectivity index (χ1n) is 7.15. The van der Waals surface area contributed by atoms with Crippen LogP contribution in [0, 0.1) is 0 Å². The topological polar surface area (TPSA) is 61.4 Å². The fourth-order valence-electron chi connectivity index (χ4n) is 2.73. The highest BCUT2D eigenvalue weighted by atomic mass is 32.2. The lowest BCUT2D eigenvalue weighted by molar-refractivity contribution is 0.144. The maximum Gasteiger partial charge on any atom is 0.319 e. The van der Waals surface area contributed by atoms with Gasteiger partial charge in [-0.1, -0.05) is 24.3 Å². The summed E-state index contributed by atoms with van der Waals surface area (Å²) in [5.41, 5.74) is 2.81. The Balaban J connectivity index is 1.66. The molecule has 0 heterocycles. The molecular formula is C17H18N2O2S. The van der Waals surface area contributed by atoms with Gasteiger partial charge in [0.1, 0.15) is 0 Å². The lowest BCUT2D eigenvalue weighted by Crippen LogP contribution is -2.36. The van der Waals surface area contributed by atoms with Gasteiger partial charge in [-0.2, -0.15) is 0 Å². The van der Waals surface area contributed by atoms with Crippen molar-refractivity contribution in [3.63, 3.8) is 0 Å². The van der Waals surface area contributed by atoms with E-state index in [1.165, 1.54) is 0 Å². The predicted octanol–water partition coefficient (Wildman–Crippen LogP) is 3.19. The number of carbonyl (C=O) groups is 1. The molecule has 22 heavy (non-hydrogen) atoms. The maximum atomic E-state index is 12.1. The molecule has 0 fully saturated rings. The van der Waals surface area contributed by atoms with E-state index in [1.807, 2.05) is 54.8 Å². The second-order valence-corrected chi connectivity index (χ2v) is 6.15. The summed E-state index contributed by atoms with van der Waals surface area (Å²) in [6.45, 7) is 0. The van der Waals surface area contributed by atoms with Crippen LogP contribution in [-0.4, -0.2) is 23.5 Å². The van der Waals surface area contributed by atoms with Crippen LogP contribution >= 0.6 is 11.8 Å². The third kappa shape index (κ3) is 3.10. The molecule has 2 atom stereocenters. The van der Waals surface area contributed by atoms with Gasteiger partial charge in [0, 0.05) is 17.0 Å². The summed E-state index contributed by atoms with van der Waals surface area (Å²) in [5.74, 6) is 0. The zero-order valence-corrected chi connectivity index (χ0v) is 13.1. The van der Waals surface area contributed by atoms with Gasteiger partial charge in [-0.25, -0.2) is 4.79 Å². The molecule has 3 N–H and O–H groups in total. The normalized spacial score (nSPS) is 19.5. The number of hydrogen-bond acceptors (Lipinski definition) is 3. The molecule has 2 aromatic rings. The van der Waals surface area contributed by atoms with Crippen molar-refractivity contribution >= 4 is 23.5 Å². The highest BCUT2D eigenvalue weighted by molar-refractivity contribution is 7.98. The van der Waals surface area contributed by atoms with Crippen LogP contribution in [0.3, 0.4) is 0 Å². The summed E-state index contributed by atoms with van der Waals surface area (Å²) in [7, 11) is 0. The van der Waals surface area contributed by atoms with E-state index in [0.29, 0.717) is 6.42 Å². The number of urea groups is 1. The Morgan fingerprint density at radius 2 is 1.91 bits per heavy atom. The van der Waals surface area contributed by atoms with Crippen molar-refractivity contribution < 1.29 is 9.90 Å². The van der Waals surface area contributed by atoms with Crippen LogP contribution in [0.1, 0.15) is 17.2 Å². The van der Waals surface area contributed by atoms with E-state index < -0.39 is 6.10 Å². The summed E-state index contributed by atoms with van der Waals surface area (Å²) in [6.07, 6.45) is 2.00. The fraction of sp³-hybridized carbons (Fsp3) is 0.235. The second-order valence-electron chi connectivity index (χ2n) is 5.27. The average Bonchev–Trinajstić information content (AvgIpc) is 2.84. The number of thioether (sulfide) groups is 1. The number of fused-ring (bicyclic) bond motifs is 1. The molecule has 1 aliphatic carbocycles. The Morgan fingerprint density at radius 3 is 2.64 bits per heavy atom. The Labute approximate surface area is 133 Å². The van der Waals surface area contributed by atoms with Crippen molar-refractivity contribution in [2.75, 3.05) is 11.6 Å². The number of rotatable bonds is 3. The molecule has 2 amide bonds. The number of anilines is 1. The van der Waals surface area contributed by atoms with Gasteiger partial charge >= 0.3 is 6.03 Å². The number of benzene rings is 2. The number of aliphatic hydroxyl groups excluding tert-OH is 1. The van der Waals surface area contributed by atoms with E-state index in [9.17, 15) is 9.90 Å². The molecule has 0 unspecified atom stereocenters. The minimum Gasteiger partial charge on any atom is -0.390 e. The largest absolute Gasteiger partial charge is 0.390 e. The van der Waals surface area contributed by atoms with Crippen molar-refractivity contribution in [3.05, 3.63) is 59.7 Å². The zero-order chi connectivity index (χ0) is 15.5. The van der Waals surface area contributed by atoms with Gasteiger partial charge in [0.15, 0.2) is 0 Å². The van der Waals surface area contributed by atoms with E-state index in [1.54, 1.807) is 11.8 Å². The number of carbonyl (C=O) groups excluding carboxylic acids is 1. The minimum absolute atomic E-state index is 0.308. The highest BCUT2D eigenvalue weighted by Gasteiger charge is 2.31. The van der Waals surface area contributed by atoms with E-state index in [2.05, 4.69) is 10.6 Å². The molecule has 114 valence electrons. The molecule has 0 spiro atoms. The van der Waals surface area contributed by atoms with Gasteiger partial charge in [0.25, 0.3) is 0 Å². The van der Waals surface area contributed by atoms with Gasteiger partial charge in [-0.15, -0.1) is 11.8 Å². The molecule has 5 heteroatoms. The molecule has 2 aromatic carbocycles. The monoisotopic (exact) mass is 314 g/mol. The minimum atomic E-state index is -0.581. The highest BCUT2D eigenvalue weighted by Crippen LogP contribution is 2.31. The van der Waals surface area contributed by atoms with Crippen LogP contribution in [0.4, 0.5) is 10.5 Å². The second kappa shape index (κ2) is 6.42. The van der Waals surface area contributed by atoms with Crippen LogP contribution in [0.25, 0.3) is 0 Å². The number of aliphatic hydroxyl groups is 1. The van der Waals surface area contributed by atoms with Gasteiger partial charge in [-0.3, -0.25) is 0 Å². The summed E-state index contributed by atoms with van der Waals surface area (Å²) in [5, 5.41) is 15.8. The molecule has 0 saturated heterocycles. The van der Waals surface area contributed by atoms with E-state index in [4.69, 9.17) is 0 Å². The SMILES string of the molecule is CSc1ccc(NC(=O)N[C@H]2c3ccccc3C[C@H]2O)cc1. The van der Waals surface area contributed by atoms with Crippen molar-refractivity contribution in [1.82, 2.24) is 5.32 Å². The van der Waals surface area contributed by atoms with Crippen molar-refractivity contribution in [2.24, 2.45) is 0 Å². The molecule has 0 aromatic heterocycles. The third-order valence-electron chi connectivity index (χ3n) is 3.84. The number of nitrogens with one attached hydrogen (secondary N) is 2. The molecule has 0 radical (unpaired) electrons. The predicted molar refractivity (Wildman–Crippen MR) is 89.3 cm³/mol. The Bertz CT molecular complexity index is 673. The van der Waals surface area contributed by atoms with Gasteiger partial charge < -0.3 is 15.7 Å². The van der Waals surface area contributed by atoms with Gasteiger partial charge in [-0.05, 0) is 41.6 Å².